The summed E-state index contributed by atoms with van der Waals surface area (Å²) in [6.07, 6.45) is -1.93. The van der Waals surface area contributed by atoms with E-state index < -0.39 is 29.9 Å². The maximum Gasteiger partial charge on any atom is 0.347 e. The van der Waals surface area contributed by atoms with Crippen LogP contribution in [0.3, 0.4) is 0 Å². The number of hydrogen-bond donors (Lipinski definition) is 1. The van der Waals surface area contributed by atoms with Crippen LogP contribution in [-0.2, 0) is 14.3 Å². The lowest BCUT2D eigenvalue weighted by Crippen LogP contribution is -2.35. The molecule has 0 unspecified atom stereocenters. The monoisotopic (exact) mass is 365 g/mol. The number of carbonyl (C=O) groups is 2. The van der Waals surface area contributed by atoms with E-state index in [1.54, 1.807) is 24.3 Å². The fourth-order valence-corrected chi connectivity index (χ4v) is 1.99. The molecular weight excluding hydrogens is 349 g/mol. The van der Waals surface area contributed by atoms with Gasteiger partial charge in [-0.25, -0.2) is 9.18 Å². The Bertz CT molecular complexity index is 734. The maximum absolute atomic E-state index is 12.8. The molecule has 2 rings (SSSR count). The molecule has 0 saturated carbocycles. The molecule has 2 aromatic rings. The molecule has 0 saturated heterocycles. The van der Waals surface area contributed by atoms with Gasteiger partial charge >= 0.3 is 5.97 Å². The van der Waals surface area contributed by atoms with Crippen LogP contribution >= 0.6 is 11.6 Å². The molecule has 0 aliphatic rings. The topological polar surface area (TPSA) is 64.6 Å². The smallest absolute Gasteiger partial charge is 0.347 e. The van der Waals surface area contributed by atoms with Crippen LogP contribution in [0.4, 0.5) is 10.1 Å². The number of rotatable bonds is 6. The average Bonchev–Trinajstić information content (AvgIpc) is 2.58. The Kier molecular flexibility index (Phi) is 6.36. The number of benzene rings is 2. The molecule has 0 aliphatic carbocycles. The zero-order valence-corrected chi connectivity index (χ0v) is 14.4. The van der Waals surface area contributed by atoms with E-state index in [0.717, 1.165) is 0 Å². The first-order chi connectivity index (χ1) is 11.8. The molecule has 2 aromatic carbocycles. The van der Waals surface area contributed by atoms with Crippen LogP contribution in [0.15, 0.2) is 48.5 Å². The molecule has 2 atom stereocenters. The molecule has 0 fully saturated rings. The molecule has 5 nitrogen and oxygen atoms in total. The first-order valence-electron chi connectivity index (χ1n) is 7.54. The molecular formula is C18H17ClFNO4. The summed E-state index contributed by atoms with van der Waals surface area (Å²) >= 11 is 5.78. The van der Waals surface area contributed by atoms with Crippen LogP contribution in [0, 0.1) is 5.82 Å². The van der Waals surface area contributed by atoms with Crippen molar-refractivity contribution in [3.63, 3.8) is 0 Å². The van der Waals surface area contributed by atoms with Crippen molar-refractivity contribution in [3.05, 3.63) is 59.4 Å². The molecule has 0 heterocycles. The van der Waals surface area contributed by atoms with Gasteiger partial charge in [0, 0.05) is 10.7 Å². The molecule has 0 aromatic heterocycles. The van der Waals surface area contributed by atoms with Gasteiger partial charge in [0.25, 0.3) is 5.91 Å². The lowest BCUT2D eigenvalue weighted by atomic mass is 10.3. The van der Waals surface area contributed by atoms with Gasteiger partial charge in [-0.1, -0.05) is 11.6 Å². The predicted molar refractivity (Wildman–Crippen MR) is 92.1 cm³/mol. The van der Waals surface area contributed by atoms with E-state index in [9.17, 15) is 14.0 Å². The summed E-state index contributed by atoms with van der Waals surface area (Å²) in [4.78, 5) is 24.0. The van der Waals surface area contributed by atoms with E-state index in [1.165, 1.54) is 38.1 Å². The van der Waals surface area contributed by atoms with Gasteiger partial charge in [0.05, 0.1) is 0 Å². The standard InChI is InChI=1S/C18H17ClFNO4/c1-11(17(22)21-15-7-5-14(20)6-8-15)25-18(23)12(2)24-16-9-3-13(19)4-10-16/h3-12H,1-2H3,(H,21,22)/t11-,12+/m1/s1. The molecule has 0 aliphatic heterocycles. The minimum absolute atomic E-state index is 0.403. The SMILES string of the molecule is C[C@H](Oc1ccc(Cl)cc1)C(=O)O[C@H](C)C(=O)Nc1ccc(F)cc1. The number of nitrogens with one attached hydrogen (secondary N) is 1. The largest absolute Gasteiger partial charge is 0.479 e. The quantitative estimate of drug-likeness (QED) is 0.790. The van der Waals surface area contributed by atoms with E-state index in [0.29, 0.717) is 16.5 Å². The summed E-state index contributed by atoms with van der Waals surface area (Å²) in [7, 11) is 0. The van der Waals surface area contributed by atoms with Crippen molar-refractivity contribution in [1.82, 2.24) is 0 Å². The molecule has 25 heavy (non-hydrogen) atoms. The van der Waals surface area contributed by atoms with Crippen LogP contribution in [0.2, 0.25) is 5.02 Å². The highest BCUT2D eigenvalue weighted by atomic mass is 35.5. The summed E-state index contributed by atoms with van der Waals surface area (Å²) in [6, 6.07) is 11.8. The summed E-state index contributed by atoms with van der Waals surface area (Å²) in [5, 5.41) is 3.08. The molecule has 7 heteroatoms. The number of carbonyl (C=O) groups excluding carboxylic acids is 2. The highest BCUT2D eigenvalue weighted by Crippen LogP contribution is 2.17. The minimum Gasteiger partial charge on any atom is -0.479 e. The lowest BCUT2D eigenvalue weighted by molar-refractivity contribution is -0.159. The van der Waals surface area contributed by atoms with Crippen molar-refractivity contribution >= 4 is 29.2 Å². The number of halogens is 2. The highest BCUT2D eigenvalue weighted by Gasteiger charge is 2.23. The normalized spacial score (nSPS) is 12.8. The average molecular weight is 366 g/mol. The molecule has 0 bridgehead atoms. The predicted octanol–water partition coefficient (Wildman–Crippen LogP) is 3.82. The fourth-order valence-electron chi connectivity index (χ4n) is 1.87. The van der Waals surface area contributed by atoms with Crippen molar-refractivity contribution in [2.45, 2.75) is 26.1 Å². The Morgan fingerprint density at radius 3 is 2.20 bits per heavy atom. The van der Waals surface area contributed by atoms with Crippen molar-refractivity contribution < 1.29 is 23.5 Å². The molecule has 0 spiro atoms. The van der Waals surface area contributed by atoms with Crippen molar-refractivity contribution in [1.29, 1.82) is 0 Å². The Morgan fingerprint density at radius 1 is 1.00 bits per heavy atom. The van der Waals surface area contributed by atoms with Gasteiger partial charge in [0.2, 0.25) is 0 Å². The van der Waals surface area contributed by atoms with Crippen LogP contribution < -0.4 is 10.1 Å². The first-order valence-corrected chi connectivity index (χ1v) is 7.92. The Morgan fingerprint density at radius 2 is 1.60 bits per heavy atom. The summed E-state index contributed by atoms with van der Waals surface area (Å²) < 4.78 is 23.4. The van der Waals surface area contributed by atoms with Crippen LogP contribution in [0.5, 0.6) is 5.75 Å². The van der Waals surface area contributed by atoms with Crippen molar-refractivity contribution in [2.75, 3.05) is 5.32 Å². The van der Waals surface area contributed by atoms with Gasteiger partial charge in [0.1, 0.15) is 11.6 Å². The highest BCUT2D eigenvalue weighted by molar-refractivity contribution is 6.30. The van der Waals surface area contributed by atoms with E-state index in [4.69, 9.17) is 21.1 Å². The second kappa shape index (κ2) is 8.48. The summed E-state index contributed by atoms with van der Waals surface area (Å²) in [6.45, 7) is 2.95. The minimum atomic E-state index is -1.03. The number of anilines is 1. The third-order valence-corrected chi connectivity index (χ3v) is 3.48. The van der Waals surface area contributed by atoms with E-state index >= 15 is 0 Å². The van der Waals surface area contributed by atoms with Gasteiger partial charge in [-0.2, -0.15) is 0 Å². The van der Waals surface area contributed by atoms with Crippen LogP contribution in [-0.4, -0.2) is 24.1 Å². The first kappa shape index (κ1) is 18.7. The van der Waals surface area contributed by atoms with Gasteiger partial charge < -0.3 is 14.8 Å². The lowest BCUT2D eigenvalue weighted by Gasteiger charge is -2.17. The molecule has 1 amide bonds. The van der Waals surface area contributed by atoms with Gasteiger partial charge in [0.15, 0.2) is 12.2 Å². The second-order valence-corrected chi connectivity index (χ2v) is 5.73. The number of esters is 1. The van der Waals surface area contributed by atoms with E-state index in [1.807, 2.05) is 0 Å². The number of ether oxygens (including phenoxy) is 2. The molecule has 0 radical (unpaired) electrons. The summed E-state index contributed by atoms with van der Waals surface area (Å²) in [5.74, 6) is -1.17. The van der Waals surface area contributed by atoms with Crippen LogP contribution in [0.1, 0.15) is 13.8 Å². The molecule has 132 valence electrons. The van der Waals surface area contributed by atoms with Gasteiger partial charge in [-0.3, -0.25) is 4.79 Å². The van der Waals surface area contributed by atoms with E-state index in [2.05, 4.69) is 5.32 Å². The van der Waals surface area contributed by atoms with Crippen molar-refractivity contribution in [2.24, 2.45) is 0 Å². The Balaban J connectivity index is 1.86. The fraction of sp³-hybridized carbons (Fsp3) is 0.222. The number of hydrogen-bond acceptors (Lipinski definition) is 4. The Labute approximate surface area is 149 Å². The van der Waals surface area contributed by atoms with Crippen molar-refractivity contribution in [3.8, 4) is 5.75 Å². The maximum atomic E-state index is 12.8. The second-order valence-electron chi connectivity index (χ2n) is 5.29. The summed E-state index contributed by atoms with van der Waals surface area (Å²) in [5.41, 5.74) is 0.403. The van der Waals surface area contributed by atoms with Gasteiger partial charge in [-0.05, 0) is 62.4 Å². The van der Waals surface area contributed by atoms with Gasteiger partial charge in [-0.15, -0.1) is 0 Å². The number of amides is 1. The third-order valence-electron chi connectivity index (χ3n) is 3.23. The van der Waals surface area contributed by atoms with E-state index in [-0.39, 0.29) is 0 Å². The third kappa shape index (κ3) is 5.76. The zero-order valence-electron chi connectivity index (χ0n) is 13.7. The Hall–Kier alpha value is -2.60. The van der Waals surface area contributed by atoms with Crippen LogP contribution in [0.25, 0.3) is 0 Å². The molecule has 1 N–H and O–H groups in total. The zero-order chi connectivity index (χ0) is 18.4.